The maximum Gasteiger partial charge on any atom is 0.122 e. The molecule has 0 aliphatic rings. The van der Waals surface area contributed by atoms with Crippen LogP contribution in [-0.4, -0.2) is 12.2 Å². The SMILES string of the molecule is CCC(c1ccccc1)C(O)c1cc(C)c(OC)cc1C. The van der Waals surface area contributed by atoms with Gasteiger partial charge in [-0.05, 0) is 54.7 Å². The van der Waals surface area contributed by atoms with E-state index in [0.29, 0.717) is 0 Å². The first kappa shape index (κ1) is 15.6. The van der Waals surface area contributed by atoms with E-state index in [-0.39, 0.29) is 5.92 Å². The zero-order valence-corrected chi connectivity index (χ0v) is 13.3. The predicted octanol–water partition coefficient (Wildman–Crippen LogP) is 4.54. The van der Waals surface area contributed by atoms with Gasteiger partial charge in [-0.3, -0.25) is 0 Å². The van der Waals surface area contributed by atoms with Crippen LogP contribution >= 0.6 is 0 Å². The molecule has 112 valence electrons. The van der Waals surface area contributed by atoms with Gasteiger partial charge in [-0.1, -0.05) is 37.3 Å². The second-order valence-corrected chi connectivity index (χ2v) is 5.55. The van der Waals surface area contributed by atoms with Crippen molar-refractivity contribution in [2.75, 3.05) is 7.11 Å². The number of benzene rings is 2. The predicted molar refractivity (Wildman–Crippen MR) is 86.9 cm³/mol. The lowest BCUT2D eigenvalue weighted by Gasteiger charge is -2.24. The van der Waals surface area contributed by atoms with E-state index in [0.717, 1.165) is 28.9 Å². The van der Waals surface area contributed by atoms with Gasteiger partial charge in [0, 0.05) is 5.92 Å². The van der Waals surface area contributed by atoms with Crippen LogP contribution in [0, 0.1) is 13.8 Å². The minimum atomic E-state index is -0.498. The zero-order chi connectivity index (χ0) is 15.4. The van der Waals surface area contributed by atoms with Crippen LogP contribution in [0.2, 0.25) is 0 Å². The first-order valence-corrected chi connectivity index (χ1v) is 7.46. The molecule has 0 radical (unpaired) electrons. The van der Waals surface area contributed by atoms with Gasteiger partial charge in [0.2, 0.25) is 0 Å². The highest BCUT2D eigenvalue weighted by molar-refractivity contribution is 5.43. The van der Waals surface area contributed by atoms with Gasteiger partial charge in [0.25, 0.3) is 0 Å². The van der Waals surface area contributed by atoms with Crippen LogP contribution in [0.1, 0.15) is 47.6 Å². The summed E-state index contributed by atoms with van der Waals surface area (Å²) in [6.45, 7) is 6.16. The average Bonchev–Trinajstić information content (AvgIpc) is 2.50. The van der Waals surface area contributed by atoms with Crippen LogP contribution in [0.4, 0.5) is 0 Å². The Hall–Kier alpha value is -1.80. The summed E-state index contributed by atoms with van der Waals surface area (Å²) < 4.78 is 5.35. The highest BCUT2D eigenvalue weighted by Crippen LogP contribution is 2.36. The Bertz CT molecular complexity index is 590. The van der Waals surface area contributed by atoms with Gasteiger partial charge in [0.05, 0.1) is 13.2 Å². The van der Waals surface area contributed by atoms with Crippen LogP contribution in [0.3, 0.4) is 0 Å². The molecule has 0 aliphatic heterocycles. The standard InChI is InChI=1S/C19H24O2/c1-5-16(15-9-7-6-8-10-15)19(20)17-11-14(3)18(21-4)12-13(17)2/h6-12,16,19-20H,5H2,1-4H3. The number of methoxy groups -OCH3 is 1. The molecule has 0 saturated carbocycles. The van der Waals surface area contributed by atoms with Gasteiger partial charge < -0.3 is 9.84 Å². The molecule has 0 saturated heterocycles. The normalized spacial score (nSPS) is 13.8. The summed E-state index contributed by atoms with van der Waals surface area (Å²) in [5.41, 5.74) is 4.30. The summed E-state index contributed by atoms with van der Waals surface area (Å²) in [5, 5.41) is 10.9. The van der Waals surface area contributed by atoms with Crippen LogP contribution in [0.25, 0.3) is 0 Å². The fourth-order valence-corrected chi connectivity index (χ4v) is 2.91. The van der Waals surface area contributed by atoms with Crippen molar-refractivity contribution in [2.24, 2.45) is 0 Å². The van der Waals surface area contributed by atoms with E-state index in [1.165, 1.54) is 5.56 Å². The molecule has 2 aromatic carbocycles. The van der Waals surface area contributed by atoms with Crippen molar-refractivity contribution < 1.29 is 9.84 Å². The third-order valence-electron chi connectivity index (χ3n) is 4.15. The topological polar surface area (TPSA) is 29.5 Å². The Labute approximate surface area is 127 Å². The van der Waals surface area contributed by atoms with E-state index in [1.807, 2.05) is 44.2 Å². The van der Waals surface area contributed by atoms with Gasteiger partial charge in [-0.15, -0.1) is 0 Å². The molecule has 0 heterocycles. The molecule has 0 bridgehead atoms. The van der Waals surface area contributed by atoms with Gasteiger partial charge in [0.15, 0.2) is 0 Å². The zero-order valence-electron chi connectivity index (χ0n) is 13.3. The second-order valence-electron chi connectivity index (χ2n) is 5.55. The first-order chi connectivity index (χ1) is 10.1. The molecule has 21 heavy (non-hydrogen) atoms. The molecule has 0 amide bonds. The number of aliphatic hydroxyl groups excluding tert-OH is 1. The Morgan fingerprint density at radius 1 is 1.05 bits per heavy atom. The van der Waals surface area contributed by atoms with Crippen LogP contribution in [0.5, 0.6) is 5.75 Å². The van der Waals surface area contributed by atoms with Gasteiger partial charge in [0.1, 0.15) is 5.75 Å². The smallest absolute Gasteiger partial charge is 0.122 e. The molecule has 1 N–H and O–H groups in total. The molecular formula is C19H24O2. The Kier molecular flexibility index (Phi) is 5.03. The third-order valence-corrected chi connectivity index (χ3v) is 4.15. The number of rotatable bonds is 5. The fraction of sp³-hybridized carbons (Fsp3) is 0.368. The molecule has 0 aliphatic carbocycles. The molecular weight excluding hydrogens is 260 g/mol. The highest BCUT2D eigenvalue weighted by Gasteiger charge is 2.23. The molecule has 2 rings (SSSR count). The number of hydrogen-bond donors (Lipinski definition) is 1. The van der Waals surface area contributed by atoms with Crippen molar-refractivity contribution >= 4 is 0 Å². The monoisotopic (exact) mass is 284 g/mol. The van der Waals surface area contributed by atoms with E-state index in [9.17, 15) is 5.11 Å². The summed E-state index contributed by atoms with van der Waals surface area (Å²) in [6, 6.07) is 14.3. The molecule has 2 nitrogen and oxygen atoms in total. The maximum absolute atomic E-state index is 10.9. The van der Waals surface area contributed by atoms with Crippen LogP contribution < -0.4 is 4.74 Å². The van der Waals surface area contributed by atoms with E-state index >= 15 is 0 Å². The van der Waals surface area contributed by atoms with Crippen molar-refractivity contribution in [3.05, 3.63) is 64.7 Å². The van der Waals surface area contributed by atoms with Crippen molar-refractivity contribution in [3.63, 3.8) is 0 Å². The van der Waals surface area contributed by atoms with Gasteiger partial charge in [-0.25, -0.2) is 0 Å². The minimum Gasteiger partial charge on any atom is -0.496 e. The van der Waals surface area contributed by atoms with Crippen molar-refractivity contribution in [3.8, 4) is 5.75 Å². The maximum atomic E-state index is 10.9. The van der Waals surface area contributed by atoms with Crippen molar-refractivity contribution in [1.29, 1.82) is 0 Å². The quantitative estimate of drug-likeness (QED) is 0.873. The lowest BCUT2D eigenvalue weighted by atomic mass is 9.85. The summed E-state index contributed by atoms with van der Waals surface area (Å²) in [7, 11) is 1.68. The lowest BCUT2D eigenvalue weighted by molar-refractivity contribution is 0.141. The molecule has 0 spiro atoms. The molecule has 2 unspecified atom stereocenters. The summed E-state index contributed by atoms with van der Waals surface area (Å²) >= 11 is 0. The fourth-order valence-electron chi connectivity index (χ4n) is 2.91. The van der Waals surface area contributed by atoms with Crippen LogP contribution in [-0.2, 0) is 0 Å². The number of aryl methyl sites for hydroxylation is 2. The van der Waals surface area contributed by atoms with E-state index in [4.69, 9.17) is 4.74 Å². The summed E-state index contributed by atoms with van der Waals surface area (Å²) in [5.74, 6) is 0.980. The third kappa shape index (κ3) is 3.27. The summed E-state index contributed by atoms with van der Waals surface area (Å²) in [6.07, 6.45) is 0.400. The Morgan fingerprint density at radius 2 is 1.71 bits per heavy atom. The molecule has 0 aromatic heterocycles. The number of ether oxygens (including phenoxy) is 1. The summed E-state index contributed by atoms with van der Waals surface area (Å²) in [4.78, 5) is 0. The lowest BCUT2D eigenvalue weighted by Crippen LogP contribution is -2.12. The van der Waals surface area contributed by atoms with E-state index in [2.05, 4.69) is 19.1 Å². The molecule has 0 fully saturated rings. The number of hydrogen-bond acceptors (Lipinski definition) is 2. The average molecular weight is 284 g/mol. The van der Waals surface area contributed by atoms with Crippen molar-refractivity contribution in [2.45, 2.75) is 39.2 Å². The first-order valence-electron chi connectivity index (χ1n) is 7.46. The molecule has 2 heteroatoms. The second kappa shape index (κ2) is 6.77. The van der Waals surface area contributed by atoms with E-state index in [1.54, 1.807) is 7.11 Å². The molecule has 2 aromatic rings. The number of aliphatic hydroxyl groups is 1. The largest absolute Gasteiger partial charge is 0.496 e. The van der Waals surface area contributed by atoms with Crippen molar-refractivity contribution in [1.82, 2.24) is 0 Å². The van der Waals surface area contributed by atoms with Crippen LogP contribution in [0.15, 0.2) is 42.5 Å². The highest BCUT2D eigenvalue weighted by atomic mass is 16.5. The van der Waals surface area contributed by atoms with Gasteiger partial charge in [-0.2, -0.15) is 0 Å². The Balaban J connectivity index is 2.38. The van der Waals surface area contributed by atoms with Gasteiger partial charge >= 0.3 is 0 Å². The van der Waals surface area contributed by atoms with E-state index < -0.39 is 6.10 Å². The minimum absolute atomic E-state index is 0.109. The molecule has 2 atom stereocenters. The Morgan fingerprint density at radius 3 is 2.29 bits per heavy atom.